The molecular formula is C22H25N5O6. The molecule has 2 heterocycles. The number of carbonyl (C=O) groups excluding carboxylic acids is 1. The summed E-state index contributed by atoms with van der Waals surface area (Å²) in [6, 6.07) is 9.54. The third-order valence-electron chi connectivity index (χ3n) is 6.08. The van der Waals surface area contributed by atoms with Crippen molar-refractivity contribution in [3.05, 3.63) is 67.8 Å². The Labute approximate surface area is 190 Å². The Hall–Kier alpha value is -3.73. The predicted molar refractivity (Wildman–Crippen MR) is 122 cm³/mol. The minimum absolute atomic E-state index is 0.00869. The van der Waals surface area contributed by atoms with Crippen LogP contribution in [0.4, 0.5) is 22.7 Å². The third kappa shape index (κ3) is 4.72. The number of morpholine rings is 1. The summed E-state index contributed by atoms with van der Waals surface area (Å²) in [5.74, 6) is -0.162. The molecule has 0 unspecified atom stereocenters. The first-order valence-corrected chi connectivity index (χ1v) is 10.8. The molecular weight excluding hydrogens is 430 g/mol. The van der Waals surface area contributed by atoms with Crippen LogP contribution in [-0.4, -0.2) is 73.1 Å². The van der Waals surface area contributed by atoms with Gasteiger partial charge in [-0.05, 0) is 31.2 Å². The molecule has 0 spiro atoms. The molecule has 0 aliphatic carbocycles. The summed E-state index contributed by atoms with van der Waals surface area (Å²) in [6.45, 7) is 6.01. The van der Waals surface area contributed by atoms with Gasteiger partial charge in [0.25, 0.3) is 17.3 Å². The minimum Gasteiger partial charge on any atom is -0.378 e. The van der Waals surface area contributed by atoms with Gasteiger partial charge < -0.3 is 19.4 Å². The molecule has 1 amide bonds. The zero-order chi connectivity index (χ0) is 23.5. The van der Waals surface area contributed by atoms with Crippen LogP contribution < -0.4 is 9.80 Å². The summed E-state index contributed by atoms with van der Waals surface area (Å²) in [6.07, 6.45) is 0. The highest BCUT2D eigenvalue weighted by Crippen LogP contribution is 2.33. The van der Waals surface area contributed by atoms with Crippen LogP contribution in [0.5, 0.6) is 0 Å². The van der Waals surface area contributed by atoms with E-state index in [9.17, 15) is 25.0 Å². The van der Waals surface area contributed by atoms with E-state index in [0.29, 0.717) is 69.3 Å². The molecule has 2 aliphatic rings. The van der Waals surface area contributed by atoms with E-state index in [1.807, 2.05) is 11.0 Å². The molecule has 0 radical (unpaired) electrons. The number of nitro benzene ring substituents is 2. The van der Waals surface area contributed by atoms with Gasteiger partial charge in [0.15, 0.2) is 0 Å². The van der Waals surface area contributed by atoms with Crippen LogP contribution in [0.3, 0.4) is 0 Å². The van der Waals surface area contributed by atoms with E-state index in [0.717, 1.165) is 5.69 Å². The lowest BCUT2D eigenvalue weighted by Crippen LogP contribution is -2.48. The predicted octanol–water partition coefficient (Wildman–Crippen LogP) is 2.61. The van der Waals surface area contributed by atoms with Crippen molar-refractivity contribution in [1.82, 2.24) is 4.90 Å². The zero-order valence-corrected chi connectivity index (χ0v) is 18.3. The largest absolute Gasteiger partial charge is 0.378 e. The van der Waals surface area contributed by atoms with Crippen LogP contribution in [0.25, 0.3) is 0 Å². The summed E-state index contributed by atoms with van der Waals surface area (Å²) in [5, 5.41) is 22.6. The molecule has 2 saturated heterocycles. The third-order valence-corrected chi connectivity index (χ3v) is 6.08. The molecule has 11 nitrogen and oxygen atoms in total. The van der Waals surface area contributed by atoms with Gasteiger partial charge >= 0.3 is 0 Å². The number of nitro groups is 2. The quantitative estimate of drug-likeness (QED) is 0.498. The van der Waals surface area contributed by atoms with Gasteiger partial charge in [0.05, 0.1) is 23.1 Å². The summed E-state index contributed by atoms with van der Waals surface area (Å²) in [7, 11) is 0. The fourth-order valence-electron chi connectivity index (χ4n) is 4.26. The summed E-state index contributed by atoms with van der Waals surface area (Å²) >= 11 is 0. The highest BCUT2D eigenvalue weighted by molar-refractivity contribution is 5.95. The number of rotatable bonds is 5. The van der Waals surface area contributed by atoms with Crippen molar-refractivity contribution in [3.63, 3.8) is 0 Å². The van der Waals surface area contributed by atoms with Crippen molar-refractivity contribution in [2.24, 2.45) is 0 Å². The van der Waals surface area contributed by atoms with Gasteiger partial charge in [-0.3, -0.25) is 25.0 Å². The highest BCUT2D eigenvalue weighted by atomic mass is 16.6. The number of ether oxygens (including phenoxy) is 1. The molecule has 4 rings (SSSR count). The van der Waals surface area contributed by atoms with E-state index >= 15 is 0 Å². The molecule has 11 heteroatoms. The van der Waals surface area contributed by atoms with Crippen LogP contribution in [-0.2, 0) is 4.74 Å². The number of hydrogen-bond donors (Lipinski definition) is 0. The molecule has 0 aromatic heterocycles. The smallest absolute Gasteiger partial charge is 0.292 e. The van der Waals surface area contributed by atoms with Gasteiger partial charge in [0.2, 0.25) is 0 Å². The Kier molecular flexibility index (Phi) is 6.40. The number of carbonyl (C=O) groups is 1. The molecule has 2 fully saturated rings. The first-order chi connectivity index (χ1) is 15.8. The maximum atomic E-state index is 12.9. The van der Waals surface area contributed by atoms with E-state index in [1.165, 1.54) is 18.2 Å². The van der Waals surface area contributed by atoms with Gasteiger partial charge in [0, 0.05) is 68.2 Å². The number of aryl methyl sites for hydroxylation is 1. The van der Waals surface area contributed by atoms with Gasteiger partial charge in [0.1, 0.15) is 5.69 Å². The van der Waals surface area contributed by atoms with Gasteiger partial charge in [-0.15, -0.1) is 0 Å². The lowest BCUT2D eigenvalue weighted by atomic mass is 10.1. The van der Waals surface area contributed by atoms with E-state index in [-0.39, 0.29) is 22.2 Å². The first kappa shape index (κ1) is 22.5. The molecule has 0 bridgehead atoms. The first-order valence-electron chi connectivity index (χ1n) is 10.8. The lowest BCUT2D eigenvalue weighted by molar-refractivity contribution is -0.385. The minimum atomic E-state index is -0.461. The van der Waals surface area contributed by atoms with E-state index in [2.05, 4.69) is 4.90 Å². The van der Waals surface area contributed by atoms with Crippen molar-refractivity contribution in [3.8, 4) is 0 Å². The number of hydrogen-bond acceptors (Lipinski definition) is 8. The molecule has 2 aromatic carbocycles. The number of amides is 1. The maximum Gasteiger partial charge on any atom is 0.292 e. The Balaban J connectivity index is 1.46. The maximum absolute atomic E-state index is 12.9. The average Bonchev–Trinajstić information content (AvgIpc) is 2.83. The molecule has 2 aliphatic heterocycles. The van der Waals surface area contributed by atoms with Gasteiger partial charge in [-0.25, -0.2) is 0 Å². The van der Waals surface area contributed by atoms with Crippen LogP contribution in [0.1, 0.15) is 15.9 Å². The standard InChI is InChI=1S/C22H25N5O6/c1-16-14-17(2-4-19(16)26(29)30)22(28)25-8-6-23(7-9-25)18-3-5-20(27(31)32)21(15-18)24-10-12-33-13-11-24/h2-5,14-15H,6-13H2,1H3. The molecule has 2 aromatic rings. The zero-order valence-electron chi connectivity index (χ0n) is 18.3. The molecule has 174 valence electrons. The molecule has 0 saturated carbocycles. The van der Waals surface area contributed by atoms with E-state index < -0.39 is 4.92 Å². The summed E-state index contributed by atoms with van der Waals surface area (Å²) in [4.78, 5) is 40.4. The van der Waals surface area contributed by atoms with Crippen molar-refractivity contribution in [1.29, 1.82) is 0 Å². The monoisotopic (exact) mass is 455 g/mol. The van der Waals surface area contributed by atoms with Crippen LogP contribution in [0.15, 0.2) is 36.4 Å². The normalized spacial score (nSPS) is 16.6. The Morgan fingerprint density at radius 3 is 2.09 bits per heavy atom. The molecule has 33 heavy (non-hydrogen) atoms. The Morgan fingerprint density at radius 2 is 1.48 bits per heavy atom. The highest BCUT2D eigenvalue weighted by Gasteiger charge is 2.26. The summed E-state index contributed by atoms with van der Waals surface area (Å²) < 4.78 is 5.37. The van der Waals surface area contributed by atoms with E-state index in [1.54, 1.807) is 24.0 Å². The lowest BCUT2D eigenvalue weighted by Gasteiger charge is -2.37. The SMILES string of the molecule is Cc1cc(C(=O)N2CCN(c3ccc([N+](=O)[O-])c(N4CCOCC4)c3)CC2)ccc1[N+](=O)[O-]. The second-order valence-electron chi connectivity index (χ2n) is 8.07. The molecule has 0 N–H and O–H groups in total. The van der Waals surface area contributed by atoms with Crippen LogP contribution >= 0.6 is 0 Å². The fraction of sp³-hybridized carbons (Fsp3) is 0.409. The van der Waals surface area contributed by atoms with E-state index in [4.69, 9.17) is 4.74 Å². The average molecular weight is 455 g/mol. The second-order valence-corrected chi connectivity index (χ2v) is 8.07. The van der Waals surface area contributed by atoms with Gasteiger partial charge in [-0.2, -0.15) is 0 Å². The second kappa shape index (κ2) is 9.41. The van der Waals surface area contributed by atoms with Crippen LogP contribution in [0, 0.1) is 27.2 Å². The van der Waals surface area contributed by atoms with Crippen molar-refractivity contribution in [2.45, 2.75) is 6.92 Å². The van der Waals surface area contributed by atoms with Crippen molar-refractivity contribution < 1.29 is 19.4 Å². The van der Waals surface area contributed by atoms with Crippen LogP contribution in [0.2, 0.25) is 0 Å². The topological polar surface area (TPSA) is 122 Å². The number of anilines is 2. The fourth-order valence-corrected chi connectivity index (χ4v) is 4.26. The van der Waals surface area contributed by atoms with Crippen molar-refractivity contribution in [2.75, 3.05) is 62.3 Å². The number of nitrogens with zero attached hydrogens (tertiary/aromatic N) is 5. The van der Waals surface area contributed by atoms with Gasteiger partial charge in [-0.1, -0.05) is 0 Å². The number of benzene rings is 2. The Bertz CT molecular complexity index is 1080. The molecule has 0 atom stereocenters. The summed E-state index contributed by atoms with van der Waals surface area (Å²) in [5.41, 5.74) is 2.40. The Morgan fingerprint density at radius 1 is 0.848 bits per heavy atom. The number of piperazine rings is 1. The van der Waals surface area contributed by atoms with Crippen molar-refractivity contribution >= 4 is 28.7 Å².